The highest BCUT2D eigenvalue weighted by atomic mass is 32.2. The molecule has 0 spiro atoms. The maximum Gasteiger partial charge on any atom is 0.265 e. The van der Waals surface area contributed by atoms with Gasteiger partial charge in [-0.2, -0.15) is 0 Å². The average molecular weight is 379 g/mol. The predicted octanol–water partition coefficient (Wildman–Crippen LogP) is 3.62. The van der Waals surface area contributed by atoms with Crippen molar-refractivity contribution in [2.45, 2.75) is 50.3 Å². The van der Waals surface area contributed by atoms with E-state index in [9.17, 15) is 13.2 Å². The molecule has 1 aromatic heterocycles. The minimum Gasteiger partial charge on any atom is -0.321 e. The number of amides is 1. The summed E-state index contributed by atoms with van der Waals surface area (Å²) >= 11 is 1.54. The molecule has 0 saturated carbocycles. The van der Waals surface area contributed by atoms with E-state index in [1.165, 1.54) is 42.2 Å². The van der Waals surface area contributed by atoms with Gasteiger partial charge in [0, 0.05) is 10.6 Å². The molecule has 1 aliphatic carbocycles. The van der Waals surface area contributed by atoms with E-state index in [1.54, 1.807) is 30.4 Å². The highest BCUT2D eigenvalue weighted by molar-refractivity contribution is 7.89. The molecular formula is C18H22N2O3S2. The van der Waals surface area contributed by atoms with E-state index in [0.717, 1.165) is 12.8 Å². The molecule has 0 aliphatic heterocycles. The highest BCUT2D eigenvalue weighted by Crippen LogP contribution is 2.29. The maximum absolute atomic E-state index is 12.6. The largest absolute Gasteiger partial charge is 0.321 e. The lowest BCUT2D eigenvalue weighted by Crippen LogP contribution is -2.15. The standard InChI is InChI=1S/C18H22N2O3S2/c1-12-8-9-14(11-17(12)25(19,22)23)20-18(21)16-10-13-6-4-2-3-5-7-15(13)24-16/h8-11H,2-7H2,1H3,(H,20,21)(H2,19,22,23). The van der Waals surface area contributed by atoms with E-state index < -0.39 is 10.0 Å². The van der Waals surface area contributed by atoms with Crippen LogP contribution in [0.3, 0.4) is 0 Å². The molecular weight excluding hydrogens is 356 g/mol. The summed E-state index contributed by atoms with van der Waals surface area (Å²) in [6.45, 7) is 1.67. The molecule has 1 aromatic carbocycles. The molecule has 1 amide bonds. The van der Waals surface area contributed by atoms with Crippen molar-refractivity contribution in [3.63, 3.8) is 0 Å². The zero-order valence-electron chi connectivity index (χ0n) is 14.2. The van der Waals surface area contributed by atoms with Crippen LogP contribution in [0.1, 0.15) is 51.4 Å². The van der Waals surface area contributed by atoms with E-state index in [2.05, 4.69) is 5.32 Å². The minimum atomic E-state index is -3.82. The number of aryl methyl sites for hydroxylation is 3. The Hall–Kier alpha value is -1.70. The quantitative estimate of drug-likeness (QED) is 0.855. The van der Waals surface area contributed by atoms with Crippen LogP contribution in [0.2, 0.25) is 0 Å². The fraction of sp³-hybridized carbons (Fsp3) is 0.389. The number of carbonyl (C=O) groups excluding carboxylic acids is 1. The summed E-state index contributed by atoms with van der Waals surface area (Å²) in [5, 5.41) is 8.02. The van der Waals surface area contributed by atoms with Gasteiger partial charge < -0.3 is 5.32 Å². The Morgan fingerprint density at radius 3 is 2.56 bits per heavy atom. The topological polar surface area (TPSA) is 89.3 Å². The average Bonchev–Trinajstić information content (AvgIpc) is 2.90. The number of hydrogen-bond acceptors (Lipinski definition) is 4. The first-order chi connectivity index (χ1) is 11.8. The Morgan fingerprint density at radius 1 is 1.12 bits per heavy atom. The van der Waals surface area contributed by atoms with Crippen LogP contribution in [-0.2, 0) is 22.9 Å². The second-order valence-electron chi connectivity index (χ2n) is 6.45. The first-order valence-corrected chi connectivity index (χ1v) is 10.8. The number of carbonyl (C=O) groups is 1. The van der Waals surface area contributed by atoms with Gasteiger partial charge in [-0.25, -0.2) is 13.6 Å². The number of nitrogens with one attached hydrogen (secondary N) is 1. The first-order valence-electron chi connectivity index (χ1n) is 8.41. The fourth-order valence-electron chi connectivity index (χ4n) is 3.13. The van der Waals surface area contributed by atoms with Gasteiger partial charge in [-0.15, -0.1) is 11.3 Å². The normalized spacial score (nSPS) is 15.1. The fourth-order valence-corrected chi connectivity index (χ4v) is 5.09. The number of hydrogen-bond donors (Lipinski definition) is 2. The van der Waals surface area contributed by atoms with Crippen LogP contribution in [0.5, 0.6) is 0 Å². The Labute approximate surface area is 152 Å². The third kappa shape index (κ3) is 4.29. The Bertz CT molecular complexity index is 876. The number of rotatable bonds is 3. The zero-order valence-corrected chi connectivity index (χ0v) is 15.8. The molecule has 0 atom stereocenters. The van der Waals surface area contributed by atoms with Crippen molar-refractivity contribution < 1.29 is 13.2 Å². The van der Waals surface area contributed by atoms with Crippen molar-refractivity contribution in [1.29, 1.82) is 0 Å². The molecule has 0 saturated heterocycles. The van der Waals surface area contributed by atoms with Gasteiger partial charge in [-0.3, -0.25) is 4.79 Å². The lowest BCUT2D eigenvalue weighted by Gasteiger charge is -2.08. The van der Waals surface area contributed by atoms with Crippen LogP contribution in [0.25, 0.3) is 0 Å². The van der Waals surface area contributed by atoms with E-state index in [1.807, 2.05) is 6.07 Å². The van der Waals surface area contributed by atoms with Gasteiger partial charge >= 0.3 is 0 Å². The predicted molar refractivity (Wildman–Crippen MR) is 101 cm³/mol. The SMILES string of the molecule is Cc1ccc(NC(=O)c2cc3c(s2)CCCCCC3)cc1S(N)(=O)=O. The molecule has 134 valence electrons. The number of benzene rings is 1. The van der Waals surface area contributed by atoms with Crippen LogP contribution in [0.15, 0.2) is 29.2 Å². The van der Waals surface area contributed by atoms with Crippen molar-refractivity contribution in [1.82, 2.24) is 0 Å². The summed E-state index contributed by atoms with van der Waals surface area (Å²) in [6.07, 6.45) is 6.90. The van der Waals surface area contributed by atoms with Gasteiger partial charge in [-0.05, 0) is 61.9 Å². The molecule has 2 aromatic rings. The van der Waals surface area contributed by atoms with Gasteiger partial charge in [0.05, 0.1) is 9.77 Å². The summed E-state index contributed by atoms with van der Waals surface area (Å²) in [7, 11) is -3.82. The molecule has 0 bridgehead atoms. The minimum absolute atomic E-state index is 0.0312. The molecule has 1 heterocycles. The Morgan fingerprint density at radius 2 is 1.84 bits per heavy atom. The summed E-state index contributed by atoms with van der Waals surface area (Å²) < 4.78 is 23.3. The number of primary sulfonamides is 1. The summed E-state index contributed by atoms with van der Waals surface area (Å²) in [4.78, 5) is 14.6. The van der Waals surface area contributed by atoms with Crippen LogP contribution < -0.4 is 10.5 Å². The molecule has 3 N–H and O–H groups in total. The van der Waals surface area contributed by atoms with Crippen molar-refractivity contribution in [2.24, 2.45) is 5.14 Å². The number of thiophene rings is 1. The lowest BCUT2D eigenvalue weighted by atomic mass is 10.00. The molecule has 3 rings (SSSR count). The van der Waals surface area contributed by atoms with Gasteiger partial charge in [0.15, 0.2) is 0 Å². The van der Waals surface area contributed by atoms with Crippen molar-refractivity contribution in [2.75, 3.05) is 5.32 Å². The lowest BCUT2D eigenvalue weighted by molar-refractivity contribution is 0.103. The third-order valence-electron chi connectivity index (χ3n) is 4.47. The number of sulfonamides is 1. The number of nitrogens with two attached hydrogens (primary N) is 1. The van der Waals surface area contributed by atoms with E-state index in [4.69, 9.17) is 5.14 Å². The number of fused-ring (bicyclic) bond motifs is 1. The zero-order chi connectivity index (χ0) is 18.0. The smallest absolute Gasteiger partial charge is 0.265 e. The molecule has 0 unspecified atom stereocenters. The van der Waals surface area contributed by atoms with Gasteiger partial charge in [0.25, 0.3) is 5.91 Å². The molecule has 25 heavy (non-hydrogen) atoms. The van der Waals surface area contributed by atoms with Gasteiger partial charge in [0.1, 0.15) is 0 Å². The van der Waals surface area contributed by atoms with Gasteiger partial charge in [-0.1, -0.05) is 18.9 Å². The second-order valence-corrected chi connectivity index (χ2v) is 9.12. The molecule has 1 aliphatic rings. The maximum atomic E-state index is 12.6. The van der Waals surface area contributed by atoms with Crippen molar-refractivity contribution in [3.8, 4) is 0 Å². The number of anilines is 1. The summed E-state index contributed by atoms with van der Waals surface area (Å²) in [5.41, 5.74) is 2.27. The third-order valence-corrected chi connectivity index (χ3v) is 6.76. The monoisotopic (exact) mass is 378 g/mol. The Balaban J connectivity index is 1.82. The van der Waals surface area contributed by atoms with E-state index >= 15 is 0 Å². The van der Waals surface area contributed by atoms with E-state index in [-0.39, 0.29) is 10.8 Å². The second kappa shape index (κ2) is 7.27. The molecule has 5 nitrogen and oxygen atoms in total. The van der Waals surface area contributed by atoms with Crippen molar-refractivity contribution >= 4 is 33.0 Å². The summed E-state index contributed by atoms with van der Waals surface area (Å²) in [6, 6.07) is 6.72. The van der Waals surface area contributed by atoms with Gasteiger partial charge in [0.2, 0.25) is 10.0 Å². The summed E-state index contributed by atoms with van der Waals surface area (Å²) in [5.74, 6) is -0.207. The van der Waals surface area contributed by atoms with Crippen molar-refractivity contribution in [3.05, 3.63) is 45.1 Å². The van der Waals surface area contributed by atoms with Crippen LogP contribution in [0.4, 0.5) is 5.69 Å². The van der Waals surface area contributed by atoms with Crippen LogP contribution in [0, 0.1) is 6.92 Å². The highest BCUT2D eigenvalue weighted by Gasteiger charge is 2.17. The van der Waals surface area contributed by atoms with E-state index in [0.29, 0.717) is 16.1 Å². The molecule has 0 fully saturated rings. The molecule has 0 radical (unpaired) electrons. The van der Waals surface area contributed by atoms with Crippen LogP contribution >= 0.6 is 11.3 Å². The first kappa shape index (κ1) is 18.1. The Kier molecular flexibility index (Phi) is 5.27. The van der Waals surface area contributed by atoms with Crippen LogP contribution in [-0.4, -0.2) is 14.3 Å². The molecule has 7 heteroatoms.